The van der Waals surface area contributed by atoms with Crippen LogP contribution in [0.3, 0.4) is 0 Å². The van der Waals surface area contributed by atoms with Crippen LogP contribution in [-0.2, 0) is 6.54 Å². The Morgan fingerprint density at radius 3 is 2.31 bits per heavy atom. The van der Waals surface area contributed by atoms with Gasteiger partial charge in [-0.25, -0.2) is 4.39 Å². The van der Waals surface area contributed by atoms with Crippen LogP contribution in [0, 0.1) is 17.1 Å². The summed E-state index contributed by atoms with van der Waals surface area (Å²) in [5.41, 5.74) is 2.82. The molecule has 0 amide bonds. The molecule has 36 heavy (non-hydrogen) atoms. The lowest BCUT2D eigenvalue weighted by molar-refractivity contribution is 0.247. The number of pyridine rings is 1. The Morgan fingerprint density at radius 2 is 1.64 bits per heavy atom. The van der Waals surface area contributed by atoms with Gasteiger partial charge in [-0.3, -0.25) is 14.3 Å². The maximum Gasteiger partial charge on any atom is 0.259 e. The van der Waals surface area contributed by atoms with Gasteiger partial charge in [0.2, 0.25) is 0 Å². The summed E-state index contributed by atoms with van der Waals surface area (Å²) in [5.74, 6) is 0.402. The molecule has 0 spiro atoms. The summed E-state index contributed by atoms with van der Waals surface area (Å²) in [6.45, 7) is 4.35. The average Bonchev–Trinajstić information content (AvgIpc) is 2.93. The molecule has 0 saturated carbocycles. The second-order valence-electron chi connectivity index (χ2n) is 8.87. The number of ether oxygens (including phenoxy) is 1. The van der Waals surface area contributed by atoms with Gasteiger partial charge in [0.25, 0.3) is 5.56 Å². The summed E-state index contributed by atoms with van der Waals surface area (Å²) in [6, 6.07) is 24.0. The Bertz CT molecular complexity index is 1470. The maximum atomic E-state index is 13.5. The molecule has 0 N–H and O–H groups in total. The van der Waals surface area contributed by atoms with Crippen LogP contribution in [0.1, 0.15) is 5.69 Å². The summed E-state index contributed by atoms with van der Waals surface area (Å²) >= 11 is 0. The summed E-state index contributed by atoms with van der Waals surface area (Å²) in [4.78, 5) is 18.1. The van der Waals surface area contributed by atoms with Crippen LogP contribution in [0.5, 0.6) is 5.75 Å². The van der Waals surface area contributed by atoms with Crippen molar-refractivity contribution in [3.8, 4) is 22.9 Å². The number of nitrogens with zero attached hydrogens (tertiary/aromatic N) is 4. The number of benzene rings is 3. The number of nitriles is 1. The van der Waals surface area contributed by atoms with Crippen LogP contribution in [0.15, 0.2) is 77.6 Å². The van der Waals surface area contributed by atoms with Crippen LogP contribution in [0.4, 0.5) is 10.1 Å². The molecule has 0 unspecified atom stereocenters. The zero-order valence-corrected chi connectivity index (χ0v) is 20.2. The fraction of sp³-hybridized carbons (Fsp3) is 0.241. The van der Waals surface area contributed by atoms with Crippen LogP contribution >= 0.6 is 0 Å². The van der Waals surface area contributed by atoms with Gasteiger partial charge in [0.1, 0.15) is 23.3 Å². The minimum atomic E-state index is -0.236. The zero-order chi connectivity index (χ0) is 25.1. The SMILES string of the molecule is COc1ccc2c(=O)n(CCN3CCN(c4ccc(F)cc4)CC3)c(C#N)c(-c3ccccc3)c2c1. The molecular weight excluding hydrogens is 455 g/mol. The lowest BCUT2D eigenvalue weighted by Gasteiger charge is -2.36. The van der Waals surface area contributed by atoms with Crippen LogP contribution in [0.25, 0.3) is 21.9 Å². The minimum absolute atomic E-state index is 0.172. The fourth-order valence-electron chi connectivity index (χ4n) is 4.90. The highest BCUT2D eigenvalue weighted by Crippen LogP contribution is 2.32. The van der Waals surface area contributed by atoms with Crippen molar-refractivity contribution in [1.82, 2.24) is 9.47 Å². The van der Waals surface area contributed by atoms with Gasteiger partial charge in [0, 0.05) is 61.3 Å². The predicted octanol–water partition coefficient (Wildman–Crippen LogP) is 4.51. The number of hydrogen-bond acceptors (Lipinski definition) is 5. The molecule has 1 aromatic heterocycles. The number of hydrogen-bond donors (Lipinski definition) is 0. The molecule has 2 heterocycles. The molecule has 0 aliphatic carbocycles. The molecule has 3 aromatic carbocycles. The second-order valence-corrected chi connectivity index (χ2v) is 8.87. The Morgan fingerprint density at radius 1 is 0.917 bits per heavy atom. The van der Waals surface area contributed by atoms with Gasteiger partial charge in [0.05, 0.1) is 7.11 Å². The van der Waals surface area contributed by atoms with Crippen molar-refractivity contribution in [2.75, 3.05) is 44.7 Å². The van der Waals surface area contributed by atoms with Gasteiger partial charge in [-0.2, -0.15) is 5.26 Å². The smallest absolute Gasteiger partial charge is 0.259 e. The molecule has 0 radical (unpaired) electrons. The van der Waals surface area contributed by atoms with E-state index < -0.39 is 0 Å². The molecule has 1 aliphatic heterocycles. The number of rotatable bonds is 6. The van der Waals surface area contributed by atoms with Crippen molar-refractivity contribution in [3.05, 3.63) is 94.7 Å². The number of fused-ring (bicyclic) bond motifs is 1. The first-order valence-corrected chi connectivity index (χ1v) is 12.0. The van der Waals surface area contributed by atoms with Gasteiger partial charge in [0.15, 0.2) is 0 Å². The van der Waals surface area contributed by atoms with E-state index in [1.807, 2.05) is 36.4 Å². The van der Waals surface area contributed by atoms with Crippen molar-refractivity contribution >= 4 is 16.5 Å². The van der Waals surface area contributed by atoms with E-state index in [-0.39, 0.29) is 11.4 Å². The first-order valence-electron chi connectivity index (χ1n) is 12.0. The molecule has 4 aromatic rings. The maximum absolute atomic E-state index is 13.5. The average molecular weight is 483 g/mol. The van der Waals surface area contributed by atoms with E-state index in [9.17, 15) is 14.4 Å². The normalized spacial score (nSPS) is 14.1. The van der Waals surface area contributed by atoms with Gasteiger partial charge < -0.3 is 9.64 Å². The van der Waals surface area contributed by atoms with Gasteiger partial charge in [-0.1, -0.05) is 30.3 Å². The van der Waals surface area contributed by atoms with Crippen molar-refractivity contribution in [2.45, 2.75) is 6.54 Å². The molecule has 6 nitrogen and oxygen atoms in total. The Hall–Kier alpha value is -4.15. The highest BCUT2D eigenvalue weighted by atomic mass is 19.1. The monoisotopic (exact) mass is 482 g/mol. The van der Waals surface area contributed by atoms with Crippen LogP contribution in [-0.4, -0.2) is 49.3 Å². The number of anilines is 1. The molecule has 5 rings (SSSR count). The fourth-order valence-corrected chi connectivity index (χ4v) is 4.90. The molecule has 0 bridgehead atoms. The highest BCUT2D eigenvalue weighted by molar-refractivity contribution is 5.99. The first kappa shape index (κ1) is 23.6. The third-order valence-corrected chi connectivity index (χ3v) is 6.85. The lowest BCUT2D eigenvalue weighted by atomic mass is 9.97. The Kier molecular flexibility index (Phi) is 6.70. The number of piperazine rings is 1. The summed E-state index contributed by atoms with van der Waals surface area (Å²) in [5, 5.41) is 11.5. The second kappa shape index (κ2) is 10.2. The lowest BCUT2D eigenvalue weighted by Crippen LogP contribution is -2.47. The van der Waals surface area contributed by atoms with Gasteiger partial charge in [-0.05, 0) is 48.0 Å². The predicted molar refractivity (Wildman–Crippen MR) is 140 cm³/mol. The molecule has 182 valence electrons. The largest absolute Gasteiger partial charge is 0.497 e. The van der Waals surface area contributed by atoms with E-state index in [4.69, 9.17) is 4.74 Å². The standard InChI is InChI=1S/C29H27FN4O2/c1-36-24-11-12-25-26(19-24)28(21-5-3-2-4-6-21)27(20-31)34(29(25)35)18-15-32-13-16-33(17-14-32)23-9-7-22(30)8-10-23/h2-12,19H,13-18H2,1H3. The van der Waals surface area contributed by atoms with Crippen molar-refractivity contribution in [2.24, 2.45) is 0 Å². The van der Waals surface area contributed by atoms with Gasteiger partial charge >= 0.3 is 0 Å². The third-order valence-electron chi connectivity index (χ3n) is 6.85. The molecule has 0 atom stereocenters. The highest BCUT2D eigenvalue weighted by Gasteiger charge is 2.21. The summed E-state index contributed by atoms with van der Waals surface area (Å²) in [6.07, 6.45) is 0. The Labute approximate surface area is 209 Å². The molecule has 1 saturated heterocycles. The van der Waals surface area contributed by atoms with Crippen molar-refractivity contribution in [1.29, 1.82) is 5.26 Å². The third kappa shape index (κ3) is 4.56. The molecule has 1 aliphatic rings. The van der Waals surface area contributed by atoms with Crippen molar-refractivity contribution in [3.63, 3.8) is 0 Å². The van der Waals surface area contributed by atoms with E-state index >= 15 is 0 Å². The van der Waals surface area contributed by atoms with E-state index in [0.29, 0.717) is 35.3 Å². The van der Waals surface area contributed by atoms with E-state index in [1.165, 1.54) is 12.1 Å². The van der Waals surface area contributed by atoms with Crippen LogP contribution in [0.2, 0.25) is 0 Å². The molecule has 1 fully saturated rings. The van der Waals surface area contributed by atoms with E-state index in [2.05, 4.69) is 15.9 Å². The zero-order valence-electron chi connectivity index (χ0n) is 20.2. The number of aromatic nitrogens is 1. The summed E-state index contributed by atoms with van der Waals surface area (Å²) < 4.78 is 20.3. The summed E-state index contributed by atoms with van der Waals surface area (Å²) in [7, 11) is 1.59. The Balaban J connectivity index is 1.44. The number of methoxy groups -OCH3 is 1. The van der Waals surface area contributed by atoms with E-state index in [0.717, 1.165) is 43.0 Å². The molecular formula is C29H27FN4O2. The van der Waals surface area contributed by atoms with E-state index in [1.54, 1.807) is 35.9 Å². The molecule has 7 heteroatoms. The first-order chi connectivity index (χ1) is 17.6. The van der Waals surface area contributed by atoms with Crippen molar-refractivity contribution < 1.29 is 9.13 Å². The quantitative estimate of drug-likeness (QED) is 0.405. The number of halogens is 1. The minimum Gasteiger partial charge on any atom is -0.497 e. The topological polar surface area (TPSA) is 61.5 Å². The van der Waals surface area contributed by atoms with Crippen LogP contribution < -0.4 is 15.2 Å². The van der Waals surface area contributed by atoms with Gasteiger partial charge in [-0.15, -0.1) is 0 Å².